The number of nitrogens with zero attached hydrogens (tertiary/aromatic N) is 5. The first-order chi connectivity index (χ1) is 16.2. The van der Waals surface area contributed by atoms with Gasteiger partial charge in [-0.25, -0.2) is 4.68 Å². The van der Waals surface area contributed by atoms with E-state index >= 15 is 0 Å². The zero-order valence-corrected chi connectivity index (χ0v) is 21.4. The van der Waals surface area contributed by atoms with Crippen molar-refractivity contribution in [3.8, 4) is 0 Å². The van der Waals surface area contributed by atoms with Crippen molar-refractivity contribution in [3.63, 3.8) is 0 Å². The lowest BCUT2D eigenvalue weighted by atomic mass is 10.0. The van der Waals surface area contributed by atoms with Crippen LogP contribution in [0.5, 0.6) is 0 Å². The van der Waals surface area contributed by atoms with E-state index in [0.717, 1.165) is 61.1 Å². The lowest BCUT2D eigenvalue weighted by Gasteiger charge is -2.34. The molecule has 0 unspecified atom stereocenters. The van der Waals surface area contributed by atoms with Crippen molar-refractivity contribution < 1.29 is 4.74 Å². The summed E-state index contributed by atoms with van der Waals surface area (Å²) in [5, 5.41) is 13.9. The molecule has 184 valence electrons. The summed E-state index contributed by atoms with van der Waals surface area (Å²) in [6, 6.07) is 6.23. The molecule has 1 aromatic carbocycles. The summed E-state index contributed by atoms with van der Waals surface area (Å²) in [5.41, 5.74) is 3.74. The van der Waals surface area contributed by atoms with Gasteiger partial charge in [0, 0.05) is 30.8 Å². The molecule has 2 atom stereocenters. The smallest absolute Gasteiger partial charge is 0.252 e. The number of benzene rings is 1. The van der Waals surface area contributed by atoms with Crippen LogP contribution in [0.2, 0.25) is 0 Å². The number of ether oxygens (including phenoxy) is 1. The number of pyridine rings is 1. The van der Waals surface area contributed by atoms with E-state index in [9.17, 15) is 4.79 Å². The molecule has 1 aliphatic rings. The van der Waals surface area contributed by atoms with Gasteiger partial charge < -0.3 is 9.72 Å². The molecule has 1 aliphatic heterocycles. The summed E-state index contributed by atoms with van der Waals surface area (Å²) >= 11 is 0. The molecule has 3 aromatic rings. The Kier molecular flexibility index (Phi) is 7.19. The Morgan fingerprint density at radius 3 is 2.68 bits per heavy atom. The van der Waals surface area contributed by atoms with Crippen LogP contribution in [0.3, 0.4) is 0 Å². The lowest BCUT2D eigenvalue weighted by Crippen LogP contribution is -2.39. The first kappa shape index (κ1) is 24.5. The molecule has 1 fully saturated rings. The summed E-state index contributed by atoms with van der Waals surface area (Å²) in [5.74, 6) is 0.844. The molecule has 34 heavy (non-hydrogen) atoms. The first-order valence-corrected chi connectivity index (χ1v) is 12.4. The average Bonchev–Trinajstić information content (AvgIpc) is 3.45. The molecule has 1 N–H and O–H groups in total. The van der Waals surface area contributed by atoms with Crippen molar-refractivity contribution in [1.82, 2.24) is 30.1 Å². The minimum absolute atomic E-state index is 0.0155. The maximum Gasteiger partial charge on any atom is 0.252 e. The molecule has 0 aliphatic carbocycles. The number of aromatic nitrogens is 5. The van der Waals surface area contributed by atoms with Crippen molar-refractivity contribution >= 4 is 10.9 Å². The highest BCUT2D eigenvalue weighted by atomic mass is 16.5. The minimum atomic E-state index is -0.240. The molecule has 1 saturated heterocycles. The minimum Gasteiger partial charge on any atom is -0.377 e. The second-order valence-corrected chi connectivity index (χ2v) is 10.6. The Hall–Kier alpha value is -2.58. The van der Waals surface area contributed by atoms with Gasteiger partial charge in [0.05, 0.1) is 17.7 Å². The van der Waals surface area contributed by atoms with Crippen LogP contribution >= 0.6 is 0 Å². The lowest BCUT2D eigenvalue weighted by molar-refractivity contribution is 0.0465. The van der Waals surface area contributed by atoms with Gasteiger partial charge >= 0.3 is 0 Å². The highest BCUT2D eigenvalue weighted by Crippen LogP contribution is 2.30. The molecule has 0 spiro atoms. The molecular formula is C26H38N6O2. The number of aromatic amines is 1. The van der Waals surface area contributed by atoms with Gasteiger partial charge in [0.15, 0.2) is 5.82 Å². The molecule has 4 rings (SSSR count). The fourth-order valence-electron chi connectivity index (χ4n) is 4.84. The van der Waals surface area contributed by atoms with E-state index in [1.54, 1.807) is 0 Å². The van der Waals surface area contributed by atoms with Crippen molar-refractivity contribution in [3.05, 3.63) is 51.1 Å². The second-order valence-electron chi connectivity index (χ2n) is 10.6. The standard InChI is InChI=1S/C26H38N6O2/c1-7-9-23(24-28-29-30-32(24)26(4,5)6)31(16-21-10-8-11-34-21)15-20-14-19-12-17(2)18(3)13-22(19)27-25(20)33/h12-14,21,23H,7-11,15-16H2,1-6H3,(H,27,33)/t21-,23-/m1/s1. The van der Waals surface area contributed by atoms with E-state index in [0.29, 0.717) is 6.54 Å². The van der Waals surface area contributed by atoms with E-state index in [-0.39, 0.29) is 23.2 Å². The third-order valence-corrected chi connectivity index (χ3v) is 6.80. The third kappa shape index (κ3) is 5.23. The Bertz CT molecular complexity index is 1190. The molecule has 0 radical (unpaired) electrons. The van der Waals surface area contributed by atoms with Gasteiger partial charge in [-0.05, 0) is 99.0 Å². The van der Waals surface area contributed by atoms with E-state index in [2.05, 4.69) is 79.1 Å². The predicted octanol–water partition coefficient (Wildman–Crippen LogP) is 4.41. The second kappa shape index (κ2) is 9.96. The topological polar surface area (TPSA) is 88.9 Å². The zero-order valence-electron chi connectivity index (χ0n) is 21.4. The number of rotatable bonds is 8. The van der Waals surface area contributed by atoms with Crippen molar-refractivity contribution in [2.45, 2.75) is 91.5 Å². The number of nitrogens with one attached hydrogen (secondary N) is 1. The summed E-state index contributed by atoms with van der Waals surface area (Å²) < 4.78 is 7.93. The Morgan fingerprint density at radius 2 is 2.00 bits per heavy atom. The fraction of sp³-hybridized carbons (Fsp3) is 0.615. The van der Waals surface area contributed by atoms with Crippen LogP contribution < -0.4 is 5.56 Å². The van der Waals surface area contributed by atoms with Crippen molar-refractivity contribution in [1.29, 1.82) is 0 Å². The largest absolute Gasteiger partial charge is 0.377 e. The molecule has 3 heterocycles. The Balaban J connectivity index is 1.75. The molecule has 0 bridgehead atoms. The van der Waals surface area contributed by atoms with Gasteiger partial charge in [-0.3, -0.25) is 9.69 Å². The SMILES string of the molecule is CCC[C@H](c1nnnn1C(C)(C)C)N(Cc1cc2cc(C)c(C)cc2[nH]c1=O)C[C@H]1CCCO1. The predicted molar refractivity (Wildman–Crippen MR) is 134 cm³/mol. The summed E-state index contributed by atoms with van der Waals surface area (Å²) in [7, 11) is 0. The Morgan fingerprint density at radius 1 is 1.24 bits per heavy atom. The van der Waals surface area contributed by atoms with Crippen LogP contribution in [-0.2, 0) is 16.8 Å². The number of hydrogen-bond donors (Lipinski definition) is 1. The van der Waals surface area contributed by atoms with Gasteiger partial charge in [-0.2, -0.15) is 0 Å². The van der Waals surface area contributed by atoms with Gasteiger partial charge in [-0.15, -0.1) is 5.10 Å². The third-order valence-electron chi connectivity index (χ3n) is 6.80. The maximum atomic E-state index is 13.1. The fourth-order valence-corrected chi connectivity index (χ4v) is 4.84. The van der Waals surface area contributed by atoms with Crippen molar-refractivity contribution in [2.24, 2.45) is 0 Å². The van der Waals surface area contributed by atoms with E-state index in [1.807, 2.05) is 10.7 Å². The van der Waals surface area contributed by atoms with Crippen LogP contribution in [0, 0.1) is 13.8 Å². The molecule has 2 aromatic heterocycles. The average molecular weight is 467 g/mol. The number of fused-ring (bicyclic) bond motifs is 1. The van der Waals surface area contributed by atoms with Crippen LogP contribution in [0.4, 0.5) is 0 Å². The Labute approximate surface area is 201 Å². The van der Waals surface area contributed by atoms with Gasteiger partial charge in [-0.1, -0.05) is 13.3 Å². The normalized spacial score (nSPS) is 17.7. The number of aryl methyl sites for hydroxylation is 2. The monoisotopic (exact) mass is 466 g/mol. The summed E-state index contributed by atoms with van der Waals surface area (Å²) in [4.78, 5) is 18.6. The molecule has 8 nitrogen and oxygen atoms in total. The van der Waals surface area contributed by atoms with E-state index < -0.39 is 0 Å². The van der Waals surface area contributed by atoms with Gasteiger partial charge in [0.1, 0.15) is 0 Å². The number of tetrazole rings is 1. The van der Waals surface area contributed by atoms with Crippen LogP contribution in [0.25, 0.3) is 10.9 Å². The number of hydrogen-bond acceptors (Lipinski definition) is 6. The molecule has 0 saturated carbocycles. The van der Waals surface area contributed by atoms with Crippen LogP contribution in [0.1, 0.15) is 81.9 Å². The van der Waals surface area contributed by atoms with E-state index in [4.69, 9.17) is 4.74 Å². The quantitative estimate of drug-likeness (QED) is 0.529. The maximum absolute atomic E-state index is 13.1. The molecular weight excluding hydrogens is 428 g/mol. The molecule has 8 heteroatoms. The highest BCUT2D eigenvalue weighted by molar-refractivity contribution is 5.80. The number of H-pyrrole nitrogens is 1. The van der Waals surface area contributed by atoms with Crippen LogP contribution in [-0.4, -0.2) is 49.3 Å². The van der Waals surface area contributed by atoms with Gasteiger partial charge in [0.2, 0.25) is 0 Å². The summed E-state index contributed by atoms with van der Waals surface area (Å²) in [6.45, 7) is 14.7. The van der Waals surface area contributed by atoms with Crippen molar-refractivity contribution in [2.75, 3.05) is 13.2 Å². The van der Waals surface area contributed by atoms with Gasteiger partial charge in [0.25, 0.3) is 5.56 Å². The molecule has 0 amide bonds. The summed E-state index contributed by atoms with van der Waals surface area (Å²) in [6.07, 6.45) is 4.14. The first-order valence-electron chi connectivity index (χ1n) is 12.4. The zero-order chi connectivity index (χ0) is 24.5. The van der Waals surface area contributed by atoms with E-state index in [1.165, 1.54) is 11.1 Å². The van der Waals surface area contributed by atoms with Crippen LogP contribution in [0.15, 0.2) is 23.0 Å². The highest BCUT2D eigenvalue weighted by Gasteiger charge is 2.32.